The second-order valence-electron chi connectivity index (χ2n) is 8.85. The van der Waals surface area contributed by atoms with E-state index in [2.05, 4.69) is 75.2 Å². The molecule has 0 atom stereocenters. The zero-order chi connectivity index (χ0) is 22.2. The SMILES string of the molecule is CC1=CC(C)(C)N(C(C)C)c2cc(C)c(/C=N\NC(=O)c3ccc(C)cc3Cl)cc21. The van der Waals surface area contributed by atoms with Crippen LogP contribution in [0.1, 0.15) is 67.2 Å². The third-order valence-electron chi connectivity index (χ3n) is 5.51. The molecule has 0 aromatic heterocycles. The van der Waals surface area contributed by atoms with Crippen LogP contribution in [0.15, 0.2) is 41.5 Å². The van der Waals surface area contributed by atoms with E-state index in [9.17, 15) is 4.79 Å². The molecule has 1 amide bonds. The molecule has 2 aromatic rings. The number of carbonyl (C=O) groups excluding carboxylic acids is 1. The Bertz CT molecular complexity index is 1050. The van der Waals surface area contributed by atoms with Crippen molar-refractivity contribution in [1.82, 2.24) is 5.43 Å². The van der Waals surface area contributed by atoms with Gasteiger partial charge in [-0.15, -0.1) is 0 Å². The Kier molecular flexibility index (Phi) is 6.09. The topological polar surface area (TPSA) is 44.7 Å². The first-order chi connectivity index (χ1) is 14.0. The summed E-state index contributed by atoms with van der Waals surface area (Å²) in [6.45, 7) is 15.1. The average Bonchev–Trinajstić information content (AvgIpc) is 2.61. The van der Waals surface area contributed by atoms with Crippen molar-refractivity contribution >= 4 is 35.0 Å². The van der Waals surface area contributed by atoms with E-state index in [1.807, 2.05) is 13.0 Å². The normalized spacial score (nSPS) is 15.4. The van der Waals surface area contributed by atoms with Crippen LogP contribution < -0.4 is 10.3 Å². The van der Waals surface area contributed by atoms with Crippen molar-refractivity contribution in [3.8, 4) is 0 Å². The maximum Gasteiger partial charge on any atom is 0.272 e. The number of anilines is 1. The van der Waals surface area contributed by atoms with Gasteiger partial charge in [0.2, 0.25) is 0 Å². The van der Waals surface area contributed by atoms with Crippen LogP contribution in [0.5, 0.6) is 0 Å². The van der Waals surface area contributed by atoms with Crippen LogP contribution in [-0.2, 0) is 0 Å². The van der Waals surface area contributed by atoms with Gasteiger partial charge < -0.3 is 4.90 Å². The minimum atomic E-state index is -0.323. The molecule has 5 heteroatoms. The van der Waals surface area contributed by atoms with Gasteiger partial charge in [0, 0.05) is 17.3 Å². The van der Waals surface area contributed by atoms with Crippen molar-refractivity contribution in [2.24, 2.45) is 5.10 Å². The molecule has 1 heterocycles. The van der Waals surface area contributed by atoms with Crippen LogP contribution in [0.3, 0.4) is 0 Å². The fourth-order valence-electron chi connectivity index (χ4n) is 4.32. The van der Waals surface area contributed by atoms with Crippen LogP contribution in [0.4, 0.5) is 5.69 Å². The molecule has 0 radical (unpaired) electrons. The molecule has 0 unspecified atom stereocenters. The molecule has 1 N–H and O–H groups in total. The van der Waals surface area contributed by atoms with Crippen LogP contribution >= 0.6 is 11.6 Å². The first-order valence-corrected chi connectivity index (χ1v) is 10.6. The van der Waals surface area contributed by atoms with E-state index in [0.717, 1.165) is 16.7 Å². The third kappa shape index (κ3) is 4.29. The Hall–Kier alpha value is -2.59. The summed E-state index contributed by atoms with van der Waals surface area (Å²) in [6.07, 6.45) is 4.01. The van der Waals surface area contributed by atoms with Gasteiger partial charge in [-0.2, -0.15) is 5.10 Å². The molecule has 1 aliphatic rings. The lowest BCUT2D eigenvalue weighted by Crippen LogP contribution is -2.49. The van der Waals surface area contributed by atoms with E-state index in [0.29, 0.717) is 16.6 Å². The number of hydrazone groups is 1. The van der Waals surface area contributed by atoms with Crippen LogP contribution in [-0.4, -0.2) is 23.7 Å². The molecule has 158 valence electrons. The summed E-state index contributed by atoms with van der Waals surface area (Å²) in [5, 5.41) is 4.60. The number of allylic oxidation sites excluding steroid dienone is 1. The van der Waals surface area contributed by atoms with Gasteiger partial charge >= 0.3 is 0 Å². The molecular weight excluding hydrogens is 394 g/mol. The fourth-order valence-corrected chi connectivity index (χ4v) is 4.64. The predicted molar refractivity (Wildman–Crippen MR) is 128 cm³/mol. The highest BCUT2D eigenvalue weighted by molar-refractivity contribution is 6.33. The molecule has 30 heavy (non-hydrogen) atoms. The quantitative estimate of drug-likeness (QED) is 0.474. The van der Waals surface area contributed by atoms with Crippen LogP contribution in [0, 0.1) is 13.8 Å². The average molecular weight is 424 g/mol. The molecule has 0 saturated heterocycles. The molecular formula is C25H30ClN3O. The zero-order valence-corrected chi connectivity index (χ0v) is 19.6. The highest BCUT2D eigenvalue weighted by Crippen LogP contribution is 2.41. The zero-order valence-electron chi connectivity index (χ0n) is 18.8. The maximum absolute atomic E-state index is 12.4. The third-order valence-corrected chi connectivity index (χ3v) is 5.83. The monoisotopic (exact) mass is 423 g/mol. The summed E-state index contributed by atoms with van der Waals surface area (Å²) in [5.74, 6) is -0.323. The van der Waals surface area contributed by atoms with E-state index in [-0.39, 0.29) is 11.4 Å². The molecule has 2 aromatic carbocycles. The first-order valence-electron chi connectivity index (χ1n) is 10.2. The second kappa shape index (κ2) is 8.27. The van der Waals surface area contributed by atoms with Gasteiger partial charge in [0.05, 0.1) is 22.3 Å². The second-order valence-corrected chi connectivity index (χ2v) is 9.26. The van der Waals surface area contributed by atoms with E-state index in [1.165, 1.54) is 16.8 Å². The molecule has 0 fully saturated rings. The summed E-state index contributed by atoms with van der Waals surface area (Å²) in [5.41, 5.74) is 9.72. The Morgan fingerprint density at radius 2 is 1.87 bits per heavy atom. The van der Waals surface area contributed by atoms with Gasteiger partial charge in [-0.1, -0.05) is 23.7 Å². The lowest BCUT2D eigenvalue weighted by Gasteiger charge is -2.46. The molecule has 4 nitrogen and oxygen atoms in total. The largest absolute Gasteiger partial charge is 0.360 e. The van der Waals surface area contributed by atoms with Crippen LogP contribution in [0.2, 0.25) is 5.02 Å². The minimum Gasteiger partial charge on any atom is -0.360 e. The number of rotatable bonds is 4. The first kappa shape index (κ1) is 22.1. The molecule has 0 bridgehead atoms. The van der Waals surface area contributed by atoms with E-state index in [1.54, 1.807) is 18.3 Å². The maximum atomic E-state index is 12.4. The summed E-state index contributed by atoms with van der Waals surface area (Å²) in [6, 6.07) is 10.1. The number of benzene rings is 2. The smallest absolute Gasteiger partial charge is 0.272 e. The van der Waals surface area contributed by atoms with Gasteiger partial charge in [0.1, 0.15) is 0 Å². The molecule has 0 spiro atoms. The molecule has 1 aliphatic heterocycles. The summed E-state index contributed by atoms with van der Waals surface area (Å²) in [7, 11) is 0. The summed E-state index contributed by atoms with van der Waals surface area (Å²) >= 11 is 6.18. The number of nitrogens with one attached hydrogen (secondary N) is 1. The van der Waals surface area contributed by atoms with Crippen molar-refractivity contribution in [3.63, 3.8) is 0 Å². The number of hydrogen-bond acceptors (Lipinski definition) is 3. The number of aryl methyl sites for hydroxylation is 2. The Morgan fingerprint density at radius 3 is 2.50 bits per heavy atom. The van der Waals surface area contributed by atoms with Gasteiger partial charge in [0.15, 0.2) is 0 Å². The lowest BCUT2D eigenvalue weighted by atomic mass is 9.86. The number of hydrogen-bond donors (Lipinski definition) is 1. The van der Waals surface area contributed by atoms with Gasteiger partial charge in [-0.25, -0.2) is 5.43 Å². The van der Waals surface area contributed by atoms with Gasteiger partial charge in [0.25, 0.3) is 5.91 Å². The van der Waals surface area contributed by atoms with E-state index in [4.69, 9.17) is 11.6 Å². The predicted octanol–water partition coefficient (Wildman–Crippen LogP) is 6.13. The Balaban J connectivity index is 1.88. The number of nitrogens with zero attached hydrogens (tertiary/aromatic N) is 2. The van der Waals surface area contributed by atoms with Crippen LogP contribution in [0.25, 0.3) is 5.57 Å². The standard InChI is InChI=1S/C25H30ClN3O/c1-15(2)29-23-11-17(4)19(12-21(23)18(5)13-25(29,6)7)14-27-28-24(30)20-9-8-16(3)10-22(20)26/h8-15H,1-7H3,(H,28,30)/b27-14-. The van der Waals surface area contributed by atoms with Gasteiger partial charge in [-0.05, 0) is 95.0 Å². The molecule has 0 aliphatic carbocycles. The minimum absolute atomic E-state index is 0.0470. The van der Waals surface area contributed by atoms with Gasteiger partial charge in [-0.3, -0.25) is 4.79 Å². The fraction of sp³-hybridized carbons (Fsp3) is 0.360. The number of fused-ring (bicyclic) bond motifs is 1. The highest BCUT2D eigenvalue weighted by atomic mass is 35.5. The van der Waals surface area contributed by atoms with Crippen molar-refractivity contribution in [3.05, 3.63) is 69.2 Å². The van der Waals surface area contributed by atoms with E-state index < -0.39 is 0 Å². The number of carbonyl (C=O) groups is 1. The lowest BCUT2D eigenvalue weighted by molar-refractivity contribution is 0.0955. The van der Waals surface area contributed by atoms with Crippen molar-refractivity contribution in [2.75, 3.05) is 4.90 Å². The summed E-state index contributed by atoms with van der Waals surface area (Å²) in [4.78, 5) is 14.8. The van der Waals surface area contributed by atoms with Crippen molar-refractivity contribution in [1.29, 1.82) is 0 Å². The molecule has 0 saturated carbocycles. The Labute approximate surface area is 184 Å². The highest BCUT2D eigenvalue weighted by Gasteiger charge is 2.33. The Morgan fingerprint density at radius 1 is 1.17 bits per heavy atom. The summed E-state index contributed by atoms with van der Waals surface area (Å²) < 4.78 is 0. The molecule has 3 rings (SSSR count). The van der Waals surface area contributed by atoms with E-state index >= 15 is 0 Å². The van der Waals surface area contributed by atoms with Crippen molar-refractivity contribution < 1.29 is 4.79 Å². The number of amides is 1. The van der Waals surface area contributed by atoms with Crippen molar-refractivity contribution in [2.45, 2.75) is 60.0 Å². The number of halogens is 1.